The fraction of sp³-hybridized carbons (Fsp3) is 0.318. The number of aryl methyl sites for hydroxylation is 2. The van der Waals surface area contributed by atoms with Gasteiger partial charge in [-0.15, -0.1) is 0 Å². The number of hydrogen-bond donors (Lipinski definition) is 1. The van der Waals surface area contributed by atoms with E-state index >= 15 is 0 Å². The van der Waals surface area contributed by atoms with Crippen molar-refractivity contribution < 1.29 is 27.9 Å². The van der Waals surface area contributed by atoms with Gasteiger partial charge >= 0.3 is 5.97 Å². The Bertz CT molecular complexity index is 938. The van der Waals surface area contributed by atoms with Crippen molar-refractivity contribution in [2.24, 2.45) is 0 Å². The molecule has 29 heavy (non-hydrogen) atoms. The molecule has 0 spiro atoms. The van der Waals surface area contributed by atoms with Crippen LogP contribution in [-0.4, -0.2) is 23.8 Å². The average Bonchev–Trinajstić information content (AvgIpc) is 3.16. The van der Waals surface area contributed by atoms with Gasteiger partial charge in [-0.2, -0.15) is 0 Å². The van der Waals surface area contributed by atoms with Crippen LogP contribution in [0, 0.1) is 11.6 Å². The maximum Gasteiger partial charge on any atom is 0.307 e. The summed E-state index contributed by atoms with van der Waals surface area (Å²) >= 11 is 0. The van der Waals surface area contributed by atoms with Crippen LogP contribution >= 0.6 is 0 Å². The summed E-state index contributed by atoms with van der Waals surface area (Å²) in [6.07, 6.45) is 1.54. The van der Waals surface area contributed by atoms with Gasteiger partial charge in [-0.3, -0.25) is 14.4 Å². The molecule has 0 radical (unpaired) electrons. The van der Waals surface area contributed by atoms with Crippen LogP contribution in [0.25, 0.3) is 0 Å². The molecule has 1 aliphatic rings. The van der Waals surface area contributed by atoms with Gasteiger partial charge in [0.2, 0.25) is 0 Å². The summed E-state index contributed by atoms with van der Waals surface area (Å²) in [6.45, 7) is 1.29. The Balaban J connectivity index is 1.49. The van der Waals surface area contributed by atoms with Crippen LogP contribution in [0.2, 0.25) is 0 Å². The SMILES string of the molecule is C[C@@H](OC(=O)CCC(=O)c1ccc2c(c1)CCC2)C(=O)Nc1c(F)cccc1F. The van der Waals surface area contributed by atoms with E-state index in [1.807, 2.05) is 12.1 Å². The largest absolute Gasteiger partial charge is 0.453 e. The maximum absolute atomic E-state index is 13.6. The number of carbonyl (C=O) groups excluding carboxylic acids is 3. The molecule has 0 saturated carbocycles. The van der Waals surface area contributed by atoms with Gasteiger partial charge in [-0.1, -0.05) is 18.2 Å². The number of ketones is 1. The fourth-order valence-electron chi connectivity index (χ4n) is 3.26. The number of anilines is 1. The molecule has 1 N–H and O–H groups in total. The number of halogens is 2. The number of nitrogens with one attached hydrogen (secondary N) is 1. The number of hydrogen-bond acceptors (Lipinski definition) is 4. The second-order valence-electron chi connectivity index (χ2n) is 6.98. The molecule has 0 bridgehead atoms. The number of ether oxygens (including phenoxy) is 1. The first-order chi connectivity index (χ1) is 13.8. The minimum absolute atomic E-state index is 0.0477. The lowest BCUT2D eigenvalue weighted by Crippen LogP contribution is -2.30. The topological polar surface area (TPSA) is 72.5 Å². The molecular weight excluding hydrogens is 380 g/mol. The van der Waals surface area contributed by atoms with Crippen molar-refractivity contribution in [2.45, 2.75) is 45.1 Å². The smallest absolute Gasteiger partial charge is 0.307 e. The predicted octanol–water partition coefficient (Wildman–Crippen LogP) is 3.99. The Morgan fingerprint density at radius 1 is 1.03 bits per heavy atom. The zero-order valence-electron chi connectivity index (χ0n) is 16.0. The van der Waals surface area contributed by atoms with Crippen LogP contribution in [-0.2, 0) is 27.2 Å². The van der Waals surface area contributed by atoms with Gasteiger partial charge in [-0.25, -0.2) is 8.78 Å². The Hall–Kier alpha value is -3.09. The lowest BCUT2D eigenvalue weighted by molar-refractivity contribution is -0.153. The van der Waals surface area contributed by atoms with E-state index in [9.17, 15) is 23.2 Å². The van der Waals surface area contributed by atoms with E-state index in [0.29, 0.717) is 5.56 Å². The molecular formula is C22H21F2NO4. The Morgan fingerprint density at radius 2 is 1.72 bits per heavy atom. The molecule has 1 amide bonds. The number of esters is 1. The number of amides is 1. The normalized spacial score (nSPS) is 13.5. The zero-order valence-corrected chi connectivity index (χ0v) is 16.0. The number of carbonyl (C=O) groups is 3. The van der Waals surface area contributed by atoms with Gasteiger partial charge in [0.1, 0.15) is 17.3 Å². The minimum Gasteiger partial charge on any atom is -0.453 e. The van der Waals surface area contributed by atoms with Gasteiger partial charge in [0, 0.05) is 12.0 Å². The molecule has 0 unspecified atom stereocenters. The van der Waals surface area contributed by atoms with Crippen molar-refractivity contribution in [3.05, 3.63) is 64.7 Å². The van der Waals surface area contributed by atoms with Crippen LogP contribution in [0.4, 0.5) is 14.5 Å². The zero-order chi connectivity index (χ0) is 21.0. The summed E-state index contributed by atoms with van der Waals surface area (Å²) in [4.78, 5) is 36.3. The molecule has 1 atom stereocenters. The second-order valence-corrected chi connectivity index (χ2v) is 6.98. The summed E-state index contributed by atoms with van der Waals surface area (Å²) in [5, 5.41) is 2.07. The monoisotopic (exact) mass is 401 g/mol. The Morgan fingerprint density at radius 3 is 2.45 bits per heavy atom. The summed E-state index contributed by atoms with van der Waals surface area (Å²) in [6, 6.07) is 8.75. The van der Waals surface area contributed by atoms with Crippen molar-refractivity contribution in [3.63, 3.8) is 0 Å². The minimum atomic E-state index is -1.27. The molecule has 0 fully saturated rings. The first-order valence-corrected chi connectivity index (χ1v) is 9.44. The first kappa shape index (κ1) is 20.6. The van der Waals surface area contributed by atoms with Gasteiger partial charge < -0.3 is 10.1 Å². The van der Waals surface area contributed by atoms with E-state index in [0.717, 1.165) is 31.4 Å². The molecule has 2 aromatic rings. The van der Waals surface area contributed by atoms with Gasteiger partial charge in [0.05, 0.1) is 6.42 Å². The maximum atomic E-state index is 13.6. The molecule has 3 rings (SSSR count). The van der Waals surface area contributed by atoms with E-state index in [-0.39, 0.29) is 18.6 Å². The van der Waals surface area contributed by atoms with Crippen LogP contribution < -0.4 is 5.32 Å². The number of rotatable bonds is 7. The van der Waals surface area contributed by atoms with E-state index in [2.05, 4.69) is 5.32 Å². The number of Topliss-reactive ketones (excluding diaryl/α,β-unsaturated/α-hetero) is 1. The van der Waals surface area contributed by atoms with Crippen molar-refractivity contribution in [1.29, 1.82) is 0 Å². The third-order valence-electron chi connectivity index (χ3n) is 4.87. The summed E-state index contributed by atoms with van der Waals surface area (Å²) < 4.78 is 32.2. The molecule has 0 heterocycles. The predicted molar refractivity (Wildman–Crippen MR) is 103 cm³/mol. The molecule has 0 aliphatic heterocycles. The quantitative estimate of drug-likeness (QED) is 0.563. The van der Waals surface area contributed by atoms with Crippen LogP contribution in [0.1, 0.15) is 47.7 Å². The number of para-hydroxylation sites is 1. The van der Waals surface area contributed by atoms with Gasteiger partial charge in [-0.05, 0) is 55.5 Å². The third-order valence-corrected chi connectivity index (χ3v) is 4.87. The number of fused-ring (bicyclic) bond motifs is 1. The Kier molecular flexibility index (Phi) is 6.36. The van der Waals surface area contributed by atoms with Gasteiger partial charge in [0.15, 0.2) is 11.9 Å². The first-order valence-electron chi connectivity index (χ1n) is 9.44. The van der Waals surface area contributed by atoms with Crippen LogP contribution in [0.3, 0.4) is 0 Å². The fourth-order valence-corrected chi connectivity index (χ4v) is 3.26. The van der Waals surface area contributed by atoms with E-state index in [1.165, 1.54) is 24.1 Å². The van der Waals surface area contributed by atoms with E-state index in [4.69, 9.17) is 4.74 Å². The van der Waals surface area contributed by atoms with Crippen LogP contribution in [0.15, 0.2) is 36.4 Å². The van der Waals surface area contributed by atoms with Crippen molar-refractivity contribution >= 4 is 23.3 Å². The second kappa shape index (κ2) is 8.94. The molecule has 2 aromatic carbocycles. The van der Waals surface area contributed by atoms with Gasteiger partial charge in [0.25, 0.3) is 5.91 Å². The highest BCUT2D eigenvalue weighted by molar-refractivity contribution is 5.98. The third kappa shape index (κ3) is 5.04. The molecule has 0 aromatic heterocycles. The highest BCUT2D eigenvalue weighted by atomic mass is 19.1. The summed E-state index contributed by atoms with van der Waals surface area (Å²) in [5.41, 5.74) is 2.38. The average molecular weight is 401 g/mol. The van der Waals surface area contributed by atoms with Crippen LogP contribution in [0.5, 0.6) is 0 Å². The van der Waals surface area contributed by atoms with E-state index in [1.54, 1.807) is 6.07 Å². The molecule has 1 aliphatic carbocycles. The number of benzene rings is 2. The Labute approximate surface area is 167 Å². The summed E-state index contributed by atoms with van der Waals surface area (Å²) in [7, 11) is 0. The van der Waals surface area contributed by atoms with Crippen molar-refractivity contribution in [3.8, 4) is 0 Å². The molecule has 7 heteroatoms. The lowest BCUT2D eigenvalue weighted by Gasteiger charge is -2.14. The molecule has 152 valence electrons. The van der Waals surface area contributed by atoms with Crippen molar-refractivity contribution in [2.75, 3.05) is 5.32 Å². The highest BCUT2D eigenvalue weighted by Gasteiger charge is 2.21. The van der Waals surface area contributed by atoms with Crippen molar-refractivity contribution in [1.82, 2.24) is 0 Å². The lowest BCUT2D eigenvalue weighted by atomic mass is 10.0. The molecule has 0 saturated heterocycles. The standard InChI is InChI=1S/C22H21F2NO4/c1-13(22(28)25-21-17(23)6-3-7-18(21)24)29-20(27)11-10-19(26)16-9-8-14-4-2-5-15(14)12-16/h3,6-9,12-13H,2,4-5,10-11H2,1H3,(H,25,28)/t13-/m1/s1. The molecule has 5 nitrogen and oxygen atoms in total. The highest BCUT2D eigenvalue weighted by Crippen LogP contribution is 2.23. The van der Waals surface area contributed by atoms with E-state index < -0.39 is 35.3 Å². The summed E-state index contributed by atoms with van der Waals surface area (Å²) in [5.74, 6) is -3.65.